The van der Waals surface area contributed by atoms with Crippen molar-refractivity contribution in [3.05, 3.63) is 88.5 Å². The summed E-state index contributed by atoms with van der Waals surface area (Å²) in [5, 5.41) is 0. The summed E-state index contributed by atoms with van der Waals surface area (Å²) in [4.78, 5) is 0. The van der Waals surface area contributed by atoms with Gasteiger partial charge in [0.2, 0.25) is 5.82 Å². The van der Waals surface area contributed by atoms with Crippen LogP contribution in [0.4, 0.5) is 17.6 Å². The molecule has 1 aliphatic carbocycles. The average Bonchev–Trinajstić information content (AvgIpc) is 2.87. The van der Waals surface area contributed by atoms with Crippen molar-refractivity contribution in [2.75, 3.05) is 13.2 Å². The summed E-state index contributed by atoms with van der Waals surface area (Å²) < 4.78 is 69.2. The van der Waals surface area contributed by atoms with Crippen LogP contribution >= 0.6 is 0 Å². The predicted molar refractivity (Wildman–Crippen MR) is 128 cm³/mol. The monoisotopic (exact) mass is 486 g/mol. The van der Waals surface area contributed by atoms with E-state index in [4.69, 9.17) is 9.47 Å². The molecule has 4 rings (SSSR count). The van der Waals surface area contributed by atoms with Crippen LogP contribution in [0.2, 0.25) is 0 Å². The highest BCUT2D eigenvalue weighted by molar-refractivity contribution is 5.65. The van der Waals surface area contributed by atoms with Crippen LogP contribution in [0.3, 0.4) is 0 Å². The Labute approximate surface area is 203 Å². The molecule has 0 spiro atoms. The average molecular weight is 487 g/mol. The van der Waals surface area contributed by atoms with Gasteiger partial charge in [-0.1, -0.05) is 42.0 Å². The second-order valence-corrected chi connectivity index (χ2v) is 9.21. The van der Waals surface area contributed by atoms with Gasteiger partial charge in [0, 0.05) is 17.7 Å². The number of benzene rings is 3. The summed E-state index contributed by atoms with van der Waals surface area (Å²) in [5.74, 6) is -3.64. The Morgan fingerprint density at radius 3 is 2.17 bits per heavy atom. The number of halogens is 4. The fourth-order valence-electron chi connectivity index (χ4n) is 4.69. The minimum absolute atomic E-state index is 0.00665. The maximum absolute atomic E-state index is 15.0. The highest BCUT2D eigenvalue weighted by Crippen LogP contribution is 2.39. The van der Waals surface area contributed by atoms with Gasteiger partial charge in [0.15, 0.2) is 23.2 Å². The quantitative estimate of drug-likeness (QED) is 0.300. The van der Waals surface area contributed by atoms with E-state index in [0.717, 1.165) is 18.4 Å². The molecule has 0 heterocycles. The lowest BCUT2D eigenvalue weighted by atomic mass is 9.78. The molecule has 186 valence electrons. The normalized spacial score (nSPS) is 18.0. The first-order valence-corrected chi connectivity index (χ1v) is 12.1. The fraction of sp³-hybridized carbons (Fsp3) is 0.379. The maximum Gasteiger partial charge on any atom is 0.200 e. The first-order chi connectivity index (χ1) is 16.9. The summed E-state index contributed by atoms with van der Waals surface area (Å²) in [6, 6.07) is 13.6. The highest BCUT2D eigenvalue weighted by atomic mass is 19.2. The van der Waals surface area contributed by atoms with Crippen molar-refractivity contribution < 1.29 is 27.0 Å². The lowest BCUT2D eigenvalue weighted by molar-refractivity contribution is 0.130. The summed E-state index contributed by atoms with van der Waals surface area (Å²) in [6.45, 7) is 4.39. The molecule has 1 aliphatic rings. The van der Waals surface area contributed by atoms with Crippen molar-refractivity contribution in [1.82, 2.24) is 0 Å². The molecule has 2 nitrogen and oxygen atoms in total. The molecule has 6 heteroatoms. The van der Waals surface area contributed by atoms with Gasteiger partial charge in [0.1, 0.15) is 0 Å². The zero-order valence-electron chi connectivity index (χ0n) is 20.1. The lowest BCUT2D eigenvalue weighted by Gasteiger charge is -2.29. The van der Waals surface area contributed by atoms with Gasteiger partial charge in [-0.2, -0.15) is 4.39 Å². The largest absolute Gasteiger partial charge is 0.490 e. The second-order valence-electron chi connectivity index (χ2n) is 9.21. The van der Waals surface area contributed by atoms with Crippen molar-refractivity contribution in [3.63, 3.8) is 0 Å². The van der Waals surface area contributed by atoms with Gasteiger partial charge < -0.3 is 9.47 Å². The molecule has 0 bridgehead atoms. The molecule has 35 heavy (non-hydrogen) atoms. The van der Waals surface area contributed by atoms with Crippen molar-refractivity contribution in [2.45, 2.75) is 52.1 Å². The highest BCUT2D eigenvalue weighted by Gasteiger charge is 2.27. The number of ether oxygens (including phenoxy) is 2. The maximum atomic E-state index is 15.0. The van der Waals surface area contributed by atoms with E-state index in [9.17, 15) is 17.6 Å². The fourth-order valence-corrected chi connectivity index (χ4v) is 4.69. The van der Waals surface area contributed by atoms with Gasteiger partial charge in [0.05, 0.1) is 13.2 Å². The molecule has 3 aromatic rings. The Kier molecular flexibility index (Phi) is 8.11. The van der Waals surface area contributed by atoms with Crippen LogP contribution < -0.4 is 4.74 Å². The lowest BCUT2D eigenvalue weighted by Crippen LogP contribution is -2.20. The Morgan fingerprint density at radius 1 is 0.771 bits per heavy atom. The van der Waals surface area contributed by atoms with E-state index < -0.39 is 23.3 Å². The van der Waals surface area contributed by atoms with E-state index in [0.29, 0.717) is 30.6 Å². The van der Waals surface area contributed by atoms with Crippen LogP contribution in [0.1, 0.15) is 55.2 Å². The molecular formula is C29H30F4O2. The summed E-state index contributed by atoms with van der Waals surface area (Å²) in [7, 11) is 0. The molecule has 0 saturated heterocycles. The Morgan fingerprint density at radius 2 is 1.49 bits per heavy atom. The van der Waals surface area contributed by atoms with Crippen LogP contribution in [0, 0.1) is 36.1 Å². The van der Waals surface area contributed by atoms with E-state index >= 15 is 0 Å². The SMILES string of the molecule is CCOCc1ccc(OCC2CCC(c3ccc(-c4ccc(C)cc4)c(F)c3F)CC2)c(F)c1F. The van der Waals surface area contributed by atoms with Crippen molar-refractivity contribution in [2.24, 2.45) is 5.92 Å². The topological polar surface area (TPSA) is 18.5 Å². The first kappa shape index (κ1) is 25.2. The number of rotatable bonds is 8. The minimum Gasteiger partial charge on any atom is -0.490 e. The standard InChI is InChI=1S/C29H30F4O2/c1-3-34-17-22-12-15-25(29(33)26(22)30)35-16-19-6-10-21(11-7-19)24-14-13-23(27(31)28(24)32)20-8-4-18(2)5-9-20/h4-5,8-9,12-15,19,21H,3,6-7,10-11,16-17H2,1-2H3. The molecule has 0 aliphatic heterocycles. The van der Waals surface area contributed by atoms with Crippen LogP contribution in [0.25, 0.3) is 11.1 Å². The number of aryl methyl sites for hydroxylation is 1. The Hall–Kier alpha value is -2.86. The van der Waals surface area contributed by atoms with E-state index in [1.807, 2.05) is 19.1 Å². The third kappa shape index (κ3) is 5.69. The molecular weight excluding hydrogens is 456 g/mol. The van der Waals surface area contributed by atoms with Crippen molar-refractivity contribution in [3.8, 4) is 16.9 Å². The molecule has 3 aromatic carbocycles. The molecule has 1 fully saturated rings. The molecule has 0 atom stereocenters. The number of hydrogen-bond donors (Lipinski definition) is 0. The van der Waals surface area contributed by atoms with E-state index in [-0.39, 0.29) is 41.9 Å². The number of hydrogen-bond acceptors (Lipinski definition) is 2. The van der Waals surface area contributed by atoms with Gasteiger partial charge in [0.25, 0.3) is 0 Å². The van der Waals surface area contributed by atoms with Crippen LogP contribution in [-0.2, 0) is 11.3 Å². The Bertz CT molecular complexity index is 1150. The smallest absolute Gasteiger partial charge is 0.200 e. The summed E-state index contributed by atoms with van der Waals surface area (Å²) in [6.07, 6.45) is 2.83. The van der Waals surface area contributed by atoms with Gasteiger partial charge in [-0.25, -0.2) is 13.2 Å². The minimum atomic E-state index is -1.01. The van der Waals surface area contributed by atoms with E-state index in [1.165, 1.54) is 12.1 Å². The molecule has 0 unspecified atom stereocenters. The van der Waals surface area contributed by atoms with Crippen LogP contribution in [0.5, 0.6) is 5.75 Å². The van der Waals surface area contributed by atoms with E-state index in [1.54, 1.807) is 31.2 Å². The van der Waals surface area contributed by atoms with E-state index in [2.05, 4.69) is 0 Å². The van der Waals surface area contributed by atoms with Crippen LogP contribution in [0.15, 0.2) is 48.5 Å². The zero-order valence-corrected chi connectivity index (χ0v) is 20.1. The zero-order chi connectivity index (χ0) is 24.9. The molecule has 0 N–H and O–H groups in total. The van der Waals surface area contributed by atoms with Gasteiger partial charge in [-0.3, -0.25) is 0 Å². The predicted octanol–water partition coefficient (Wildman–Crippen LogP) is 8.11. The third-order valence-electron chi connectivity index (χ3n) is 6.82. The second kappa shape index (κ2) is 11.3. The molecule has 0 aromatic heterocycles. The summed E-state index contributed by atoms with van der Waals surface area (Å²) >= 11 is 0. The summed E-state index contributed by atoms with van der Waals surface area (Å²) in [5.41, 5.74) is 2.51. The van der Waals surface area contributed by atoms with Crippen molar-refractivity contribution in [1.29, 1.82) is 0 Å². The first-order valence-electron chi connectivity index (χ1n) is 12.1. The molecule has 0 radical (unpaired) electrons. The molecule has 0 amide bonds. The van der Waals surface area contributed by atoms with Crippen molar-refractivity contribution >= 4 is 0 Å². The van der Waals surface area contributed by atoms with Gasteiger partial charge in [-0.05, 0) is 74.6 Å². The van der Waals surface area contributed by atoms with Gasteiger partial charge >= 0.3 is 0 Å². The van der Waals surface area contributed by atoms with Crippen LogP contribution in [-0.4, -0.2) is 13.2 Å². The van der Waals surface area contributed by atoms with Gasteiger partial charge in [-0.15, -0.1) is 0 Å². The molecule has 1 saturated carbocycles. The Balaban J connectivity index is 1.36. The third-order valence-corrected chi connectivity index (χ3v) is 6.82.